The highest BCUT2D eigenvalue weighted by atomic mass is 19.4. The largest absolute Gasteiger partial charge is 0.410 e. The first-order valence-electron chi connectivity index (χ1n) is 6.23. The van der Waals surface area contributed by atoms with Crippen molar-refractivity contribution in [1.29, 1.82) is 0 Å². The minimum absolute atomic E-state index is 0.0266. The molecular weight excluding hydrogens is 277 g/mol. The van der Waals surface area contributed by atoms with E-state index in [1.165, 1.54) is 6.07 Å². The molecule has 9 heteroatoms. The van der Waals surface area contributed by atoms with Gasteiger partial charge in [-0.25, -0.2) is 0 Å². The number of rotatable bonds is 1. The molecule has 3 rings (SSSR count). The Morgan fingerprint density at radius 1 is 1.35 bits per heavy atom. The van der Waals surface area contributed by atoms with E-state index in [0.717, 1.165) is 4.57 Å². The van der Waals surface area contributed by atoms with Gasteiger partial charge in [0.1, 0.15) is 11.9 Å². The average molecular weight is 290 g/mol. The second-order valence-electron chi connectivity index (χ2n) is 4.72. The second kappa shape index (κ2) is 4.65. The van der Waals surface area contributed by atoms with Gasteiger partial charge in [-0.1, -0.05) is 0 Å². The Morgan fingerprint density at radius 3 is 2.70 bits per heavy atom. The van der Waals surface area contributed by atoms with Crippen molar-refractivity contribution in [3.63, 3.8) is 0 Å². The molecule has 110 valence electrons. The lowest BCUT2D eigenvalue weighted by Crippen LogP contribution is -2.37. The number of anilines is 2. The first-order valence-corrected chi connectivity index (χ1v) is 6.23. The molecular formula is C11H13F3N4O2. The first-order chi connectivity index (χ1) is 9.45. The molecule has 1 fully saturated rings. The van der Waals surface area contributed by atoms with Crippen LogP contribution in [0.5, 0.6) is 0 Å². The number of alkyl halides is 3. The number of hydrogen-bond acceptors (Lipinski definition) is 5. The topological polar surface area (TPSA) is 59.4 Å². The van der Waals surface area contributed by atoms with Crippen LogP contribution in [-0.4, -0.2) is 48.1 Å². The Labute approximate surface area is 112 Å². The standard InChI is InChI=1S/C11H13F3N4O2/c12-11(13,14)7-6-18-9(19)5-8(16-10(18)15-7)17-1-3-20-4-2-17/h5,7H,1-4,6H2,(H,15,16). The fourth-order valence-corrected chi connectivity index (χ4v) is 2.30. The molecule has 6 nitrogen and oxygen atoms in total. The van der Waals surface area contributed by atoms with Crippen LogP contribution in [0.1, 0.15) is 0 Å². The van der Waals surface area contributed by atoms with E-state index in [0.29, 0.717) is 32.1 Å². The summed E-state index contributed by atoms with van der Waals surface area (Å²) in [5.41, 5.74) is -0.476. The molecule has 0 aromatic carbocycles. The Morgan fingerprint density at radius 2 is 2.05 bits per heavy atom. The fourth-order valence-electron chi connectivity index (χ4n) is 2.30. The van der Waals surface area contributed by atoms with Gasteiger partial charge in [-0.2, -0.15) is 18.2 Å². The van der Waals surface area contributed by atoms with Crippen LogP contribution in [0.3, 0.4) is 0 Å². The monoisotopic (exact) mass is 290 g/mol. The lowest BCUT2D eigenvalue weighted by atomic mass is 10.3. The number of aromatic nitrogens is 2. The number of nitrogens with one attached hydrogen (secondary N) is 1. The van der Waals surface area contributed by atoms with Gasteiger partial charge in [0.05, 0.1) is 19.8 Å². The maximum atomic E-state index is 12.7. The van der Waals surface area contributed by atoms with Crippen LogP contribution in [0.15, 0.2) is 10.9 Å². The molecule has 2 aliphatic heterocycles. The number of halogens is 3. The van der Waals surface area contributed by atoms with Crippen molar-refractivity contribution in [1.82, 2.24) is 9.55 Å². The van der Waals surface area contributed by atoms with Gasteiger partial charge in [0.25, 0.3) is 5.56 Å². The Bertz CT molecular complexity index is 566. The second-order valence-corrected chi connectivity index (χ2v) is 4.72. The van der Waals surface area contributed by atoms with Crippen molar-refractivity contribution in [2.45, 2.75) is 18.8 Å². The van der Waals surface area contributed by atoms with Crippen molar-refractivity contribution in [3.05, 3.63) is 16.4 Å². The van der Waals surface area contributed by atoms with Gasteiger partial charge in [0.15, 0.2) is 0 Å². The van der Waals surface area contributed by atoms with Crippen molar-refractivity contribution >= 4 is 11.8 Å². The summed E-state index contributed by atoms with van der Waals surface area (Å²) in [5, 5.41) is 2.26. The molecule has 1 aromatic rings. The summed E-state index contributed by atoms with van der Waals surface area (Å²) in [6.45, 7) is 1.72. The average Bonchev–Trinajstić information content (AvgIpc) is 2.84. The third kappa shape index (κ3) is 2.33. The maximum Gasteiger partial charge on any atom is 0.410 e. The number of ether oxygens (including phenoxy) is 1. The van der Waals surface area contributed by atoms with E-state index in [-0.39, 0.29) is 5.95 Å². The molecule has 0 amide bonds. The highest BCUT2D eigenvalue weighted by Gasteiger charge is 2.44. The molecule has 0 radical (unpaired) electrons. The van der Waals surface area contributed by atoms with Gasteiger partial charge in [0, 0.05) is 19.2 Å². The molecule has 1 saturated heterocycles. The lowest BCUT2D eigenvalue weighted by Gasteiger charge is -2.27. The molecule has 0 bridgehead atoms. The Hall–Kier alpha value is -1.77. The third-order valence-electron chi connectivity index (χ3n) is 3.39. The number of nitrogens with zero attached hydrogens (tertiary/aromatic N) is 3. The van der Waals surface area contributed by atoms with E-state index in [2.05, 4.69) is 10.3 Å². The van der Waals surface area contributed by atoms with Crippen LogP contribution in [0.4, 0.5) is 24.9 Å². The van der Waals surface area contributed by atoms with Crippen LogP contribution in [-0.2, 0) is 11.3 Å². The normalized spacial score (nSPS) is 22.6. The highest BCUT2D eigenvalue weighted by molar-refractivity contribution is 5.46. The van der Waals surface area contributed by atoms with Crippen LogP contribution in [0, 0.1) is 0 Å². The van der Waals surface area contributed by atoms with E-state index in [4.69, 9.17) is 4.74 Å². The van der Waals surface area contributed by atoms with Crippen molar-refractivity contribution in [2.24, 2.45) is 0 Å². The van der Waals surface area contributed by atoms with Gasteiger partial charge in [-0.05, 0) is 0 Å². The van der Waals surface area contributed by atoms with Crippen LogP contribution in [0.25, 0.3) is 0 Å². The molecule has 0 saturated carbocycles. The van der Waals surface area contributed by atoms with E-state index in [1.807, 2.05) is 4.90 Å². The fraction of sp³-hybridized carbons (Fsp3) is 0.636. The van der Waals surface area contributed by atoms with E-state index >= 15 is 0 Å². The molecule has 20 heavy (non-hydrogen) atoms. The lowest BCUT2D eigenvalue weighted by molar-refractivity contribution is -0.142. The zero-order valence-corrected chi connectivity index (χ0v) is 10.5. The van der Waals surface area contributed by atoms with Gasteiger partial charge in [-0.15, -0.1) is 0 Å². The number of hydrogen-bond donors (Lipinski definition) is 1. The van der Waals surface area contributed by atoms with Crippen LogP contribution in [0.2, 0.25) is 0 Å². The smallest absolute Gasteiger partial charge is 0.378 e. The van der Waals surface area contributed by atoms with Gasteiger partial charge in [-0.3, -0.25) is 9.36 Å². The minimum atomic E-state index is -4.40. The summed E-state index contributed by atoms with van der Waals surface area (Å²) in [4.78, 5) is 17.9. The Balaban J connectivity index is 1.89. The van der Waals surface area contributed by atoms with Gasteiger partial charge in [0.2, 0.25) is 5.95 Å². The molecule has 1 atom stereocenters. The summed E-state index contributed by atoms with van der Waals surface area (Å²) >= 11 is 0. The van der Waals surface area contributed by atoms with E-state index < -0.39 is 24.3 Å². The zero-order valence-electron chi connectivity index (χ0n) is 10.5. The summed E-state index contributed by atoms with van der Waals surface area (Å²) in [6, 6.07) is -0.488. The third-order valence-corrected chi connectivity index (χ3v) is 3.39. The molecule has 0 spiro atoms. The summed E-state index contributed by atoms with van der Waals surface area (Å²) in [5.74, 6) is 0.362. The summed E-state index contributed by atoms with van der Waals surface area (Å²) < 4.78 is 44.2. The molecule has 1 N–H and O–H groups in total. The van der Waals surface area contributed by atoms with Gasteiger partial charge >= 0.3 is 6.18 Å². The molecule has 1 aromatic heterocycles. The highest BCUT2D eigenvalue weighted by Crippen LogP contribution is 2.29. The van der Waals surface area contributed by atoms with Crippen LogP contribution >= 0.6 is 0 Å². The van der Waals surface area contributed by atoms with Gasteiger partial charge < -0.3 is 15.0 Å². The predicted octanol–water partition coefficient (Wildman–Crippen LogP) is 0.436. The summed E-state index contributed by atoms with van der Waals surface area (Å²) in [7, 11) is 0. The molecule has 1 unspecified atom stereocenters. The first kappa shape index (κ1) is 13.2. The van der Waals surface area contributed by atoms with Crippen molar-refractivity contribution < 1.29 is 17.9 Å². The number of morpholine rings is 1. The SMILES string of the molecule is O=c1cc(N2CCOCC2)nc2n1CC(C(F)(F)F)N2. The molecule has 2 aliphatic rings. The van der Waals surface area contributed by atoms with Crippen molar-refractivity contribution in [2.75, 3.05) is 36.5 Å². The molecule has 0 aliphatic carbocycles. The van der Waals surface area contributed by atoms with Crippen molar-refractivity contribution in [3.8, 4) is 0 Å². The molecule has 3 heterocycles. The zero-order chi connectivity index (χ0) is 14.3. The quantitative estimate of drug-likeness (QED) is 0.813. The number of fused-ring (bicyclic) bond motifs is 1. The maximum absolute atomic E-state index is 12.7. The Kier molecular flexibility index (Phi) is 3.08. The predicted molar refractivity (Wildman–Crippen MR) is 65.0 cm³/mol. The minimum Gasteiger partial charge on any atom is -0.378 e. The van der Waals surface area contributed by atoms with E-state index in [1.54, 1.807) is 0 Å². The summed E-state index contributed by atoms with van der Waals surface area (Å²) in [6.07, 6.45) is -4.40. The van der Waals surface area contributed by atoms with Crippen LogP contribution < -0.4 is 15.8 Å². The van der Waals surface area contributed by atoms with E-state index in [9.17, 15) is 18.0 Å².